The first-order chi connectivity index (χ1) is 14.5. The molecule has 0 bridgehead atoms. The van der Waals surface area contributed by atoms with Gasteiger partial charge in [0, 0.05) is 29.9 Å². The van der Waals surface area contributed by atoms with Gasteiger partial charge in [-0.2, -0.15) is 0 Å². The van der Waals surface area contributed by atoms with Gasteiger partial charge < -0.3 is 10.0 Å². The smallest absolute Gasteiger partial charge is 0.328 e. The number of carbonyl (C=O) groups is 1. The molecule has 3 heterocycles. The highest BCUT2D eigenvalue weighted by Crippen LogP contribution is 2.34. The topological polar surface area (TPSA) is 81.6 Å². The van der Waals surface area contributed by atoms with Crippen molar-refractivity contribution in [3.8, 4) is 11.3 Å². The SMILES string of the molecule is CCN1C[C@@H](O)CN(C(=O)Nc2ccccn2)c2nc(-c3cccc(Cl)c3)ccc21. The zero-order valence-corrected chi connectivity index (χ0v) is 17.3. The van der Waals surface area contributed by atoms with Gasteiger partial charge in [-0.1, -0.05) is 29.8 Å². The first-order valence-electron chi connectivity index (χ1n) is 9.74. The fourth-order valence-corrected chi connectivity index (χ4v) is 3.69. The fraction of sp³-hybridized carbons (Fsp3) is 0.227. The maximum absolute atomic E-state index is 13.1. The Morgan fingerprint density at radius 1 is 1.20 bits per heavy atom. The van der Waals surface area contributed by atoms with Crippen molar-refractivity contribution in [1.82, 2.24) is 9.97 Å². The van der Waals surface area contributed by atoms with E-state index < -0.39 is 12.1 Å². The van der Waals surface area contributed by atoms with Crippen molar-refractivity contribution in [2.24, 2.45) is 0 Å². The quantitative estimate of drug-likeness (QED) is 0.664. The normalized spacial score (nSPS) is 16.0. The minimum atomic E-state index is -0.719. The molecule has 2 amide bonds. The van der Waals surface area contributed by atoms with Gasteiger partial charge in [-0.15, -0.1) is 0 Å². The Bertz CT molecular complexity index is 1050. The molecular weight excluding hydrogens is 402 g/mol. The van der Waals surface area contributed by atoms with Crippen LogP contribution in [0.15, 0.2) is 60.8 Å². The predicted molar refractivity (Wildman–Crippen MR) is 119 cm³/mol. The number of nitrogens with zero attached hydrogens (tertiary/aromatic N) is 4. The van der Waals surface area contributed by atoms with E-state index in [0.717, 1.165) is 11.3 Å². The van der Waals surface area contributed by atoms with E-state index in [1.54, 1.807) is 30.5 Å². The third kappa shape index (κ3) is 4.22. The number of hydrogen-bond acceptors (Lipinski definition) is 5. The fourth-order valence-electron chi connectivity index (χ4n) is 3.50. The van der Waals surface area contributed by atoms with E-state index in [2.05, 4.69) is 10.3 Å². The number of amides is 2. The number of aliphatic hydroxyl groups excluding tert-OH is 1. The summed E-state index contributed by atoms with van der Waals surface area (Å²) in [5.41, 5.74) is 2.33. The summed E-state index contributed by atoms with van der Waals surface area (Å²) in [6, 6.07) is 16.1. The predicted octanol–water partition coefficient (Wildman–Crippen LogP) is 4.04. The van der Waals surface area contributed by atoms with Gasteiger partial charge in [-0.05, 0) is 43.3 Å². The van der Waals surface area contributed by atoms with Crippen molar-refractivity contribution in [2.75, 3.05) is 34.8 Å². The Kier molecular flexibility index (Phi) is 5.83. The standard InChI is InChI=1S/C22H22ClN5O2/c1-2-27-13-17(29)14-28(22(30)26-20-8-3-4-11-24-20)21-19(27)10-9-18(25-21)15-6-5-7-16(23)12-15/h3-12,17,29H,2,13-14H2,1H3,(H,24,26,30)/t17-/m1/s1. The number of aromatic nitrogens is 2. The van der Waals surface area contributed by atoms with Crippen molar-refractivity contribution < 1.29 is 9.90 Å². The lowest BCUT2D eigenvalue weighted by Gasteiger charge is -2.25. The molecule has 0 saturated carbocycles. The van der Waals surface area contributed by atoms with Crippen molar-refractivity contribution in [2.45, 2.75) is 13.0 Å². The van der Waals surface area contributed by atoms with Crippen LogP contribution >= 0.6 is 11.6 Å². The highest BCUT2D eigenvalue weighted by Gasteiger charge is 2.30. The third-order valence-electron chi connectivity index (χ3n) is 4.92. The van der Waals surface area contributed by atoms with Crippen molar-refractivity contribution in [3.63, 3.8) is 0 Å². The summed E-state index contributed by atoms with van der Waals surface area (Å²) in [5, 5.41) is 13.9. The second-order valence-corrected chi connectivity index (χ2v) is 7.43. The van der Waals surface area contributed by atoms with Crippen molar-refractivity contribution >= 4 is 35.0 Å². The van der Waals surface area contributed by atoms with Crippen LogP contribution in [0.2, 0.25) is 5.02 Å². The molecule has 4 rings (SSSR count). The number of fused-ring (bicyclic) bond motifs is 1. The highest BCUT2D eigenvalue weighted by atomic mass is 35.5. The number of carbonyl (C=O) groups excluding carboxylic acids is 1. The molecule has 1 aliphatic rings. The first kappa shape index (κ1) is 20.1. The molecule has 0 saturated heterocycles. The largest absolute Gasteiger partial charge is 0.389 e. The van der Waals surface area contributed by atoms with Crippen LogP contribution in [-0.4, -0.2) is 46.8 Å². The molecule has 7 nitrogen and oxygen atoms in total. The van der Waals surface area contributed by atoms with Crippen LogP contribution in [0.25, 0.3) is 11.3 Å². The number of hydrogen-bond donors (Lipinski definition) is 2. The van der Waals surface area contributed by atoms with E-state index in [4.69, 9.17) is 16.6 Å². The Balaban J connectivity index is 1.77. The summed E-state index contributed by atoms with van der Waals surface area (Å²) in [7, 11) is 0. The minimum absolute atomic E-state index is 0.119. The van der Waals surface area contributed by atoms with E-state index in [1.807, 2.05) is 42.2 Å². The second kappa shape index (κ2) is 8.69. The number of rotatable bonds is 3. The minimum Gasteiger partial charge on any atom is -0.389 e. The summed E-state index contributed by atoms with van der Waals surface area (Å²) in [6.45, 7) is 3.21. The summed E-state index contributed by atoms with van der Waals surface area (Å²) < 4.78 is 0. The van der Waals surface area contributed by atoms with E-state index in [-0.39, 0.29) is 6.54 Å². The number of pyridine rings is 2. The van der Waals surface area contributed by atoms with Gasteiger partial charge in [0.15, 0.2) is 5.82 Å². The van der Waals surface area contributed by atoms with Gasteiger partial charge in [-0.25, -0.2) is 14.8 Å². The number of aliphatic hydroxyl groups is 1. The molecule has 0 fully saturated rings. The molecule has 0 aliphatic carbocycles. The molecule has 154 valence electrons. The molecule has 2 N–H and O–H groups in total. The Labute approximate surface area is 179 Å². The van der Waals surface area contributed by atoms with Crippen LogP contribution in [0.1, 0.15) is 6.92 Å². The van der Waals surface area contributed by atoms with Gasteiger partial charge in [0.1, 0.15) is 5.82 Å². The van der Waals surface area contributed by atoms with Crippen LogP contribution in [0, 0.1) is 0 Å². The number of benzene rings is 1. The van der Waals surface area contributed by atoms with Crippen LogP contribution < -0.4 is 15.1 Å². The van der Waals surface area contributed by atoms with Crippen LogP contribution in [0.4, 0.5) is 22.1 Å². The molecule has 1 atom stereocenters. The van der Waals surface area contributed by atoms with Gasteiger partial charge in [0.25, 0.3) is 0 Å². The van der Waals surface area contributed by atoms with Crippen LogP contribution in [0.3, 0.4) is 0 Å². The lowest BCUT2D eigenvalue weighted by atomic mass is 10.1. The van der Waals surface area contributed by atoms with Crippen LogP contribution in [0.5, 0.6) is 0 Å². The maximum atomic E-state index is 13.1. The maximum Gasteiger partial charge on any atom is 0.328 e. The Morgan fingerprint density at radius 3 is 2.80 bits per heavy atom. The zero-order valence-electron chi connectivity index (χ0n) is 16.5. The Hall–Kier alpha value is -3.16. The summed E-state index contributed by atoms with van der Waals surface area (Å²) >= 11 is 6.15. The number of urea groups is 1. The molecule has 1 aliphatic heterocycles. The van der Waals surface area contributed by atoms with E-state index >= 15 is 0 Å². The lowest BCUT2D eigenvalue weighted by molar-refractivity contribution is 0.186. The lowest BCUT2D eigenvalue weighted by Crippen LogP contribution is -2.41. The first-order valence-corrected chi connectivity index (χ1v) is 10.1. The summed E-state index contributed by atoms with van der Waals surface area (Å²) in [4.78, 5) is 25.5. The average molecular weight is 424 g/mol. The van der Waals surface area contributed by atoms with Gasteiger partial charge in [-0.3, -0.25) is 10.2 Å². The van der Waals surface area contributed by atoms with Gasteiger partial charge in [0.05, 0.1) is 24.0 Å². The molecule has 8 heteroatoms. The molecule has 30 heavy (non-hydrogen) atoms. The van der Waals surface area contributed by atoms with Crippen LogP contribution in [-0.2, 0) is 0 Å². The van der Waals surface area contributed by atoms with Crippen molar-refractivity contribution in [1.29, 1.82) is 0 Å². The number of nitrogens with one attached hydrogen (secondary N) is 1. The van der Waals surface area contributed by atoms with E-state index in [1.165, 1.54) is 4.90 Å². The van der Waals surface area contributed by atoms with E-state index in [9.17, 15) is 9.90 Å². The molecular formula is C22H22ClN5O2. The zero-order chi connectivity index (χ0) is 21.1. The van der Waals surface area contributed by atoms with E-state index in [0.29, 0.717) is 35.4 Å². The Morgan fingerprint density at radius 2 is 2.07 bits per heavy atom. The monoisotopic (exact) mass is 423 g/mol. The molecule has 3 aromatic rings. The van der Waals surface area contributed by atoms with Gasteiger partial charge >= 0.3 is 6.03 Å². The molecule has 1 aromatic carbocycles. The highest BCUT2D eigenvalue weighted by molar-refractivity contribution is 6.30. The molecule has 2 aromatic heterocycles. The average Bonchev–Trinajstić information content (AvgIpc) is 2.90. The van der Waals surface area contributed by atoms with Gasteiger partial charge in [0.2, 0.25) is 0 Å². The van der Waals surface area contributed by atoms with Crippen molar-refractivity contribution in [3.05, 3.63) is 65.8 Å². The third-order valence-corrected chi connectivity index (χ3v) is 5.16. The molecule has 0 unspecified atom stereocenters. The number of β-amino-alcohol motifs (C(OH)–C–C–N with tert-alkyl or cyclic N) is 1. The molecule has 0 spiro atoms. The number of halogens is 1. The number of likely N-dealkylation sites (N-methyl/N-ethyl adjacent to an activating group) is 1. The molecule has 0 radical (unpaired) electrons. The summed E-state index contributed by atoms with van der Waals surface area (Å²) in [5.74, 6) is 0.917. The second-order valence-electron chi connectivity index (χ2n) is 7.00. The summed E-state index contributed by atoms with van der Waals surface area (Å²) in [6.07, 6.45) is 0.887. The number of anilines is 3.